The zero-order valence-corrected chi connectivity index (χ0v) is 12.1. The van der Waals surface area contributed by atoms with E-state index >= 15 is 0 Å². The van der Waals surface area contributed by atoms with Crippen LogP contribution in [-0.2, 0) is 0 Å². The van der Waals surface area contributed by atoms with Gasteiger partial charge in [0.15, 0.2) is 0 Å². The second kappa shape index (κ2) is 8.14. The second-order valence-electron chi connectivity index (χ2n) is 4.70. The molecule has 0 aliphatic heterocycles. The SMILES string of the molecule is CCCOc1cncc(NCC(Cl)CC(C)C)n1. The van der Waals surface area contributed by atoms with Crippen LogP contribution in [-0.4, -0.2) is 28.5 Å². The molecule has 0 aliphatic rings. The van der Waals surface area contributed by atoms with E-state index in [0.29, 0.717) is 30.8 Å². The number of aromatic nitrogens is 2. The molecule has 102 valence electrons. The Kier molecular flexibility index (Phi) is 6.80. The van der Waals surface area contributed by atoms with Crippen LogP contribution in [0.3, 0.4) is 0 Å². The van der Waals surface area contributed by atoms with Gasteiger partial charge in [-0.3, -0.25) is 4.98 Å². The van der Waals surface area contributed by atoms with Crippen molar-refractivity contribution in [3.8, 4) is 5.88 Å². The molecule has 0 aromatic carbocycles. The lowest BCUT2D eigenvalue weighted by Crippen LogP contribution is -2.17. The third-order valence-corrected chi connectivity index (χ3v) is 2.63. The molecular weight excluding hydrogens is 250 g/mol. The predicted octanol–water partition coefficient (Wildman–Crippen LogP) is 3.33. The third-order valence-electron chi connectivity index (χ3n) is 2.30. The molecule has 1 atom stereocenters. The highest BCUT2D eigenvalue weighted by atomic mass is 35.5. The summed E-state index contributed by atoms with van der Waals surface area (Å²) in [4.78, 5) is 8.39. The van der Waals surface area contributed by atoms with Gasteiger partial charge in [-0.05, 0) is 18.8 Å². The summed E-state index contributed by atoms with van der Waals surface area (Å²) in [6.07, 6.45) is 5.23. The van der Waals surface area contributed by atoms with Gasteiger partial charge >= 0.3 is 0 Å². The van der Waals surface area contributed by atoms with E-state index in [1.807, 2.05) is 0 Å². The molecule has 1 aromatic heterocycles. The molecule has 0 bridgehead atoms. The Morgan fingerprint density at radius 2 is 2.17 bits per heavy atom. The zero-order chi connectivity index (χ0) is 13.4. The summed E-state index contributed by atoms with van der Waals surface area (Å²) in [5, 5.41) is 3.28. The summed E-state index contributed by atoms with van der Waals surface area (Å²) in [6.45, 7) is 7.72. The van der Waals surface area contributed by atoms with Gasteiger partial charge in [0.25, 0.3) is 0 Å². The highest BCUT2D eigenvalue weighted by molar-refractivity contribution is 6.20. The number of nitrogens with one attached hydrogen (secondary N) is 1. The average Bonchev–Trinajstić information content (AvgIpc) is 2.33. The molecule has 1 rings (SSSR count). The van der Waals surface area contributed by atoms with Gasteiger partial charge in [0.1, 0.15) is 5.82 Å². The van der Waals surface area contributed by atoms with E-state index < -0.39 is 0 Å². The van der Waals surface area contributed by atoms with Gasteiger partial charge < -0.3 is 10.1 Å². The van der Waals surface area contributed by atoms with Crippen LogP contribution in [0.2, 0.25) is 0 Å². The van der Waals surface area contributed by atoms with Gasteiger partial charge in [-0.15, -0.1) is 11.6 Å². The highest BCUT2D eigenvalue weighted by Crippen LogP contribution is 2.13. The van der Waals surface area contributed by atoms with Crippen LogP contribution in [0.25, 0.3) is 0 Å². The van der Waals surface area contributed by atoms with E-state index in [1.54, 1.807) is 12.4 Å². The van der Waals surface area contributed by atoms with Crippen molar-refractivity contribution in [2.75, 3.05) is 18.5 Å². The van der Waals surface area contributed by atoms with Gasteiger partial charge in [-0.25, -0.2) is 0 Å². The van der Waals surface area contributed by atoms with Gasteiger partial charge in [-0.1, -0.05) is 20.8 Å². The van der Waals surface area contributed by atoms with Crippen molar-refractivity contribution in [3.63, 3.8) is 0 Å². The molecule has 0 spiro atoms. The standard InChI is InChI=1S/C13H22ClN3O/c1-4-5-18-13-9-15-8-12(17-13)16-7-11(14)6-10(2)3/h8-11H,4-7H2,1-3H3,(H,16,17). The minimum Gasteiger partial charge on any atom is -0.477 e. The number of hydrogen-bond donors (Lipinski definition) is 1. The number of halogens is 1. The van der Waals surface area contributed by atoms with Crippen LogP contribution in [0.4, 0.5) is 5.82 Å². The molecule has 5 heteroatoms. The Morgan fingerprint density at radius 3 is 2.83 bits per heavy atom. The van der Waals surface area contributed by atoms with E-state index in [0.717, 1.165) is 12.8 Å². The van der Waals surface area contributed by atoms with Crippen LogP contribution in [0.15, 0.2) is 12.4 Å². The molecule has 0 saturated heterocycles. The quantitative estimate of drug-likeness (QED) is 0.737. The fourth-order valence-electron chi connectivity index (χ4n) is 1.52. The minimum atomic E-state index is 0.104. The van der Waals surface area contributed by atoms with Crippen molar-refractivity contribution in [2.24, 2.45) is 5.92 Å². The lowest BCUT2D eigenvalue weighted by Gasteiger charge is -2.13. The van der Waals surface area contributed by atoms with Crippen LogP contribution in [0.1, 0.15) is 33.6 Å². The molecule has 0 aliphatic carbocycles. The summed E-state index contributed by atoms with van der Waals surface area (Å²) in [5.41, 5.74) is 0. The average molecular weight is 272 g/mol. The van der Waals surface area contributed by atoms with Gasteiger partial charge in [-0.2, -0.15) is 4.98 Å². The van der Waals surface area contributed by atoms with Crippen LogP contribution in [0, 0.1) is 5.92 Å². The van der Waals surface area contributed by atoms with E-state index in [-0.39, 0.29) is 5.38 Å². The monoisotopic (exact) mass is 271 g/mol. The van der Waals surface area contributed by atoms with Gasteiger partial charge in [0.2, 0.25) is 5.88 Å². The fraction of sp³-hybridized carbons (Fsp3) is 0.692. The van der Waals surface area contributed by atoms with Crippen molar-refractivity contribution >= 4 is 17.4 Å². The summed E-state index contributed by atoms with van der Waals surface area (Å²) in [6, 6.07) is 0. The first kappa shape index (κ1) is 15.0. The predicted molar refractivity (Wildman–Crippen MR) is 75.4 cm³/mol. The van der Waals surface area contributed by atoms with E-state index in [4.69, 9.17) is 16.3 Å². The summed E-state index contributed by atoms with van der Waals surface area (Å²) in [5.74, 6) is 1.86. The van der Waals surface area contributed by atoms with E-state index in [2.05, 4.69) is 36.1 Å². The molecule has 0 fully saturated rings. The second-order valence-corrected chi connectivity index (χ2v) is 5.32. The maximum absolute atomic E-state index is 6.21. The Hall–Kier alpha value is -1.03. The molecule has 0 saturated carbocycles. The van der Waals surface area contributed by atoms with E-state index in [1.165, 1.54) is 0 Å². The largest absolute Gasteiger partial charge is 0.477 e. The van der Waals surface area contributed by atoms with Crippen molar-refractivity contribution < 1.29 is 4.74 Å². The first-order valence-corrected chi connectivity index (χ1v) is 6.88. The lowest BCUT2D eigenvalue weighted by atomic mass is 10.1. The van der Waals surface area contributed by atoms with Crippen LogP contribution < -0.4 is 10.1 Å². The van der Waals surface area contributed by atoms with Crippen LogP contribution in [0.5, 0.6) is 5.88 Å². The van der Waals surface area contributed by atoms with Crippen molar-refractivity contribution in [1.29, 1.82) is 0 Å². The molecule has 1 N–H and O–H groups in total. The molecule has 1 aromatic rings. The number of alkyl halides is 1. The summed E-state index contributed by atoms with van der Waals surface area (Å²) in [7, 11) is 0. The lowest BCUT2D eigenvalue weighted by molar-refractivity contribution is 0.304. The minimum absolute atomic E-state index is 0.104. The number of rotatable bonds is 8. The van der Waals surface area contributed by atoms with Crippen molar-refractivity contribution in [2.45, 2.75) is 39.0 Å². The Bertz CT molecular complexity index is 347. The topological polar surface area (TPSA) is 47.0 Å². The highest BCUT2D eigenvalue weighted by Gasteiger charge is 2.07. The number of nitrogens with zero attached hydrogens (tertiary/aromatic N) is 2. The number of hydrogen-bond acceptors (Lipinski definition) is 4. The molecule has 0 amide bonds. The van der Waals surface area contributed by atoms with Crippen molar-refractivity contribution in [3.05, 3.63) is 12.4 Å². The third kappa shape index (κ3) is 6.05. The van der Waals surface area contributed by atoms with E-state index in [9.17, 15) is 0 Å². The Balaban J connectivity index is 2.41. The van der Waals surface area contributed by atoms with Crippen LogP contribution >= 0.6 is 11.6 Å². The zero-order valence-electron chi connectivity index (χ0n) is 11.3. The molecular formula is C13H22ClN3O. The molecule has 1 heterocycles. The molecule has 0 radical (unpaired) electrons. The number of ether oxygens (including phenoxy) is 1. The normalized spacial score (nSPS) is 12.5. The van der Waals surface area contributed by atoms with Gasteiger partial charge in [0, 0.05) is 6.54 Å². The first-order valence-electron chi connectivity index (χ1n) is 6.44. The maximum atomic E-state index is 6.21. The summed E-state index contributed by atoms with van der Waals surface area (Å²) >= 11 is 6.21. The Labute approximate surface area is 114 Å². The number of anilines is 1. The first-order chi connectivity index (χ1) is 8.61. The molecule has 1 unspecified atom stereocenters. The fourth-order valence-corrected chi connectivity index (χ4v) is 1.95. The molecule has 4 nitrogen and oxygen atoms in total. The van der Waals surface area contributed by atoms with Gasteiger partial charge in [0.05, 0.1) is 24.4 Å². The summed E-state index contributed by atoms with van der Waals surface area (Å²) < 4.78 is 5.42. The molecule has 18 heavy (non-hydrogen) atoms. The van der Waals surface area contributed by atoms with Crippen molar-refractivity contribution in [1.82, 2.24) is 9.97 Å². The maximum Gasteiger partial charge on any atom is 0.234 e. The smallest absolute Gasteiger partial charge is 0.234 e. The Morgan fingerprint density at radius 1 is 1.39 bits per heavy atom.